The Bertz CT molecular complexity index is 284. The number of esters is 1. The van der Waals surface area contributed by atoms with E-state index in [1.54, 1.807) is 13.8 Å². The van der Waals surface area contributed by atoms with Gasteiger partial charge in [-0.15, -0.1) is 4.91 Å². The van der Waals surface area contributed by atoms with Gasteiger partial charge in [0, 0.05) is 0 Å². The maximum absolute atomic E-state index is 11.1. The van der Waals surface area contributed by atoms with Crippen molar-refractivity contribution >= 4 is 29.2 Å². The Morgan fingerprint density at radius 2 is 1.88 bits per heavy atom. The SMILES string of the molecule is CC1(C)OCC(N=O)(OC(=O)C(Cl)Cl)CO1. The van der Waals surface area contributed by atoms with E-state index in [1.807, 2.05) is 0 Å². The van der Waals surface area contributed by atoms with E-state index < -0.39 is 22.3 Å². The van der Waals surface area contributed by atoms with Crippen molar-refractivity contribution in [2.45, 2.75) is 30.2 Å². The summed E-state index contributed by atoms with van der Waals surface area (Å²) in [5, 5.41) is 2.71. The van der Waals surface area contributed by atoms with Gasteiger partial charge in [-0.25, -0.2) is 4.79 Å². The number of carbonyl (C=O) groups excluding carboxylic acids is 1. The van der Waals surface area contributed by atoms with E-state index >= 15 is 0 Å². The van der Waals surface area contributed by atoms with Crippen molar-refractivity contribution in [3.63, 3.8) is 0 Å². The first-order chi connectivity index (χ1) is 7.30. The van der Waals surface area contributed by atoms with Gasteiger partial charge >= 0.3 is 5.97 Å². The minimum absolute atomic E-state index is 0.199. The van der Waals surface area contributed by atoms with Crippen LogP contribution in [0.25, 0.3) is 0 Å². The second-order valence-electron chi connectivity index (χ2n) is 3.74. The molecule has 0 aromatic rings. The summed E-state index contributed by atoms with van der Waals surface area (Å²) >= 11 is 10.6. The lowest BCUT2D eigenvalue weighted by molar-refractivity contribution is -0.302. The number of halogens is 2. The first-order valence-corrected chi connectivity index (χ1v) is 5.31. The molecule has 16 heavy (non-hydrogen) atoms. The van der Waals surface area contributed by atoms with Crippen LogP contribution in [0.15, 0.2) is 5.18 Å². The number of nitroso groups, excluding NO2 is 1. The molecular formula is C8H11Cl2NO5. The van der Waals surface area contributed by atoms with E-state index in [9.17, 15) is 9.70 Å². The van der Waals surface area contributed by atoms with Gasteiger partial charge in [-0.1, -0.05) is 23.2 Å². The molecule has 1 rings (SSSR count). The van der Waals surface area contributed by atoms with Crippen LogP contribution in [0.3, 0.4) is 0 Å². The number of alkyl halides is 2. The number of rotatable bonds is 3. The molecule has 1 heterocycles. The smallest absolute Gasteiger partial charge is 0.341 e. The van der Waals surface area contributed by atoms with E-state index in [2.05, 4.69) is 5.18 Å². The Kier molecular flexibility index (Phi) is 4.12. The fourth-order valence-electron chi connectivity index (χ4n) is 1.02. The molecule has 0 saturated carbocycles. The summed E-state index contributed by atoms with van der Waals surface area (Å²) in [5.74, 6) is -1.81. The van der Waals surface area contributed by atoms with Gasteiger partial charge in [0.2, 0.25) is 4.84 Å². The van der Waals surface area contributed by atoms with Gasteiger partial charge in [0.05, 0.1) is 0 Å². The monoisotopic (exact) mass is 271 g/mol. The van der Waals surface area contributed by atoms with E-state index in [0.29, 0.717) is 0 Å². The van der Waals surface area contributed by atoms with Gasteiger partial charge in [-0.05, 0) is 19.0 Å². The van der Waals surface area contributed by atoms with Crippen molar-refractivity contribution in [1.82, 2.24) is 0 Å². The van der Waals surface area contributed by atoms with Gasteiger partial charge in [0.25, 0.3) is 5.72 Å². The maximum atomic E-state index is 11.1. The van der Waals surface area contributed by atoms with Crippen LogP contribution >= 0.6 is 23.2 Å². The zero-order valence-corrected chi connectivity index (χ0v) is 10.2. The number of carbonyl (C=O) groups is 1. The van der Waals surface area contributed by atoms with E-state index in [1.165, 1.54) is 0 Å². The Balaban J connectivity index is 2.67. The van der Waals surface area contributed by atoms with Crippen LogP contribution in [-0.2, 0) is 19.0 Å². The highest BCUT2D eigenvalue weighted by molar-refractivity contribution is 6.52. The molecule has 0 aromatic carbocycles. The minimum atomic E-state index is -1.71. The highest BCUT2D eigenvalue weighted by Gasteiger charge is 2.45. The molecule has 8 heteroatoms. The molecule has 1 aliphatic heterocycles. The molecule has 0 unspecified atom stereocenters. The Hall–Kier alpha value is -0.430. The Morgan fingerprint density at radius 3 is 2.25 bits per heavy atom. The van der Waals surface area contributed by atoms with Crippen molar-refractivity contribution < 1.29 is 19.0 Å². The molecular weight excluding hydrogens is 261 g/mol. The van der Waals surface area contributed by atoms with Gasteiger partial charge in [0.1, 0.15) is 13.2 Å². The quantitative estimate of drug-likeness (QED) is 0.443. The van der Waals surface area contributed by atoms with E-state index in [-0.39, 0.29) is 13.2 Å². The molecule has 0 amide bonds. The summed E-state index contributed by atoms with van der Waals surface area (Å²) in [6, 6.07) is 0. The Morgan fingerprint density at radius 1 is 1.38 bits per heavy atom. The lowest BCUT2D eigenvalue weighted by Crippen LogP contribution is -2.52. The fourth-order valence-corrected chi connectivity index (χ4v) is 1.11. The van der Waals surface area contributed by atoms with Crippen LogP contribution in [0.2, 0.25) is 0 Å². The van der Waals surface area contributed by atoms with Crippen LogP contribution < -0.4 is 0 Å². The topological polar surface area (TPSA) is 74.2 Å². The molecule has 92 valence electrons. The molecule has 0 aromatic heterocycles. The van der Waals surface area contributed by atoms with Gasteiger partial charge in [-0.3, -0.25) is 0 Å². The molecule has 0 N–H and O–H groups in total. The third kappa shape index (κ3) is 3.28. The molecule has 6 nitrogen and oxygen atoms in total. The molecule has 0 radical (unpaired) electrons. The van der Waals surface area contributed by atoms with Crippen molar-refractivity contribution in [2.75, 3.05) is 13.2 Å². The molecule has 0 atom stereocenters. The van der Waals surface area contributed by atoms with E-state index in [0.717, 1.165) is 0 Å². The van der Waals surface area contributed by atoms with Crippen molar-refractivity contribution in [2.24, 2.45) is 5.18 Å². The van der Waals surface area contributed by atoms with Crippen molar-refractivity contribution in [1.29, 1.82) is 0 Å². The first-order valence-electron chi connectivity index (χ1n) is 4.44. The predicted molar refractivity (Wildman–Crippen MR) is 56.1 cm³/mol. The lowest BCUT2D eigenvalue weighted by atomic mass is 10.2. The number of ether oxygens (including phenoxy) is 3. The molecule has 1 fully saturated rings. The second kappa shape index (κ2) is 4.83. The van der Waals surface area contributed by atoms with Crippen LogP contribution in [0.4, 0.5) is 0 Å². The average Bonchev–Trinajstić information content (AvgIpc) is 2.21. The van der Waals surface area contributed by atoms with Crippen LogP contribution in [0.1, 0.15) is 13.8 Å². The maximum Gasteiger partial charge on any atom is 0.341 e. The lowest BCUT2D eigenvalue weighted by Gasteiger charge is -2.38. The summed E-state index contributed by atoms with van der Waals surface area (Å²) < 4.78 is 15.1. The Labute approximate surface area is 102 Å². The third-order valence-corrected chi connectivity index (χ3v) is 2.28. The standard InChI is InChI=1S/C8H11Cl2NO5/c1-7(2)14-3-8(11-13,4-15-7)16-6(12)5(9)10/h5H,3-4H2,1-2H3. The normalized spacial score (nSPS) is 22.8. The van der Waals surface area contributed by atoms with Crippen LogP contribution in [0.5, 0.6) is 0 Å². The molecule has 1 saturated heterocycles. The van der Waals surface area contributed by atoms with Gasteiger partial charge in [0.15, 0.2) is 5.79 Å². The summed E-state index contributed by atoms with van der Waals surface area (Å²) in [5.41, 5.74) is -1.71. The second-order valence-corrected chi connectivity index (χ2v) is 4.83. The highest BCUT2D eigenvalue weighted by Crippen LogP contribution is 2.28. The summed E-state index contributed by atoms with van der Waals surface area (Å²) in [4.78, 5) is 20.4. The largest absolute Gasteiger partial charge is 0.426 e. The number of hydrogen-bond acceptors (Lipinski definition) is 6. The fraction of sp³-hybridized carbons (Fsp3) is 0.875. The van der Waals surface area contributed by atoms with Crippen LogP contribution in [0, 0.1) is 4.91 Å². The highest BCUT2D eigenvalue weighted by atomic mass is 35.5. The molecule has 1 aliphatic rings. The summed E-state index contributed by atoms with van der Waals surface area (Å²) in [6.07, 6.45) is 0. The summed E-state index contributed by atoms with van der Waals surface area (Å²) in [6.45, 7) is 2.93. The zero-order valence-electron chi connectivity index (χ0n) is 8.74. The molecule has 0 spiro atoms. The number of nitrogens with zero attached hydrogens (tertiary/aromatic N) is 1. The third-order valence-electron chi connectivity index (χ3n) is 1.93. The van der Waals surface area contributed by atoms with Crippen molar-refractivity contribution in [3.8, 4) is 0 Å². The van der Waals surface area contributed by atoms with Gasteiger partial charge < -0.3 is 14.2 Å². The molecule has 0 aliphatic carbocycles. The average molecular weight is 272 g/mol. The summed E-state index contributed by atoms with van der Waals surface area (Å²) in [7, 11) is 0. The first kappa shape index (κ1) is 13.6. The predicted octanol–water partition coefficient (Wildman–Crippen LogP) is 1.58. The van der Waals surface area contributed by atoms with E-state index in [4.69, 9.17) is 37.4 Å². The number of hydrogen-bond donors (Lipinski definition) is 0. The minimum Gasteiger partial charge on any atom is -0.426 e. The molecule has 0 bridgehead atoms. The van der Waals surface area contributed by atoms with Gasteiger partial charge in [-0.2, -0.15) is 0 Å². The van der Waals surface area contributed by atoms with Crippen LogP contribution in [-0.4, -0.2) is 35.5 Å². The zero-order chi connectivity index (χ0) is 12.4. The van der Waals surface area contributed by atoms with Crippen molar-refractivity contribution in [3.05, 3.63) is 4.91 Å².